The Morgan fingerprint density at radius 2 is 1.88 bits per heavy atom. The number of hydroxylamine groups is 1. The van der Waals surface area contributed by atoms with Gasteiger partial charge in [-0.25, -0.2) is 5.48 Å². The van der Waals surface area contributed by atoms with E-state index in [-0.39, 0.29) is 6.42 Å². The second-order valence-corrected chi connectivity index (χ2v) is 5.65. The fraction of sp³-hybridized carbons (Fsp3) is 0.316. The molecule has 1 unspecified atom stereocenters. The Morgan fingerprint density at radius 3 is 2.54 bits per heavy atom. The van der Waals surface area contributed by atoms with Crippen LogP contribution in [0.25, 0.3) is 11.1 Å². The van der Waals surface area contributed by atoms with Gasteiger partial charge < -0.3 is 9.84 Å². The number of carbonyl (C=O) groups is 1. The zero-order valence-electron chi connectivity index (χ0n) is 13.7. The predicted octanol–water partition coefficient (Wildman–Crippen LogP) is 3.46. The van der Waals surface area contributed by atoms with Crippen molar-refractivity contribution in [3.05, 3.63) is 54.1 Å². The van der Waals surface area contributed by atoms with Gasteiger partial charge in [-0.2, -0.15) is 0 Å². The van der Waals surface area contributed by atoms with E-state index in [9.17, 15) is 9.90 Å². The Kier molecular flexibility index (Phi) is 6.78. The van der Waals surface area contributed by atoms with Crippen LogP contribution in [0.2, 0.25) is 0 Å². The van der Waals surface area contributed by atoms with Gasteiger partial charge in [0.2, 0.25) is 5.91 Å². The summed E-state index contributed by atoms with van der Waals surface area (Å²) in [5, 5.41) is 18.6. The van der Waals surface area contributed by atoms with Gasteiger partial charge in [-0.3, -0.25) is 10.0 Å². The average Bonchev–Trinajstić information content (AvgIpc) is 2.65. The van der Waals surface area contributed by atoms with E-state index < -0.39 is 12.0 Å². The van der Waals surface area contributed by atoms with Crippen LogP contribution in [0, 0.1) is 0 Å². The molecule has 0 heterocycles. The topological polar surface area (TPSA) is 78.8 Å². The van der Waals surface area contributed by atoms with Crippen molar-refractivity contribution in [1.82, 2.24) is 5.48 Å². The number of aliphatic hydroxyl groups excluding tert-OH is 1. The summed E-state index contributed by atoms with van der Waals surface area (Å²) < 4.78 is 5.23. The van der Waals surface area contributed by atoms with Crippen molar-refractivity contribution in [1.29, 1.82) is 0 Å². The van der Waals surface area contributed by atoms with Crippen LogP contribution < -0.4 is 10.2 Å². The second-order valence-electron chi connectivity index (χ2n) is 5.65. The van der Waals surface area contributed by atoms with Crippen molar-refractivity contribution in [3.8, 4) is 16.9 Å². The Balaban J connectivity index is 1.92. The van der Waals surface area contributed by atoms with E-state index in [0.29, 0.717) is 19.3 Å². The van der Waals surface area contributed by atoms with Crippen molar-refractivity contribution in [2.24, 2.45) is 0 Å². The summed E-state index contributed by atoms with van der Waals surface area (Å²) in [5.41, 5.74) is 4.58. The first-order valence-electron chi connectivity index (χ1n) is 7.99. The molecule has 24 heavy (non-hydrogen) atoms. The lowest BCUT2D eigenvalue weighted by Crippen LogP contribution is -2.17. The fourth-order valence-corrected chi connectivity index (χ4v) is 2.55. The number of hydrogen-bond donors (Lipinski definition) is 3. The molecule has 1 amide bonds. The molecule has 0 bridgehead atoms. The largest absolute Gasteiger partial charge is 0.497 e. The van der Waals surface area contributed by atoms with Crippen molar-refractivity contribution < 1.29 is 19.8 Å². The highest BCUT2D eigenvalue weighted by atomic mass is 16.5. The minimum Gasteiger partial charge on any atom is -0.497 e. The lowest BCUT2D eigenvalue weighted by atomic mass is 9.99. The molecule has 128 valence electrons. The van der Waals surface area contributed by atoms with Gasteiger partial charge in [0, 0.05) is 6.42 Å². The summed E-state index contributed by atoms with van der Waals surface area (Å²) in [6.07, 6.45) is 1.63. The maximum absolute atomic E-state index is 10.9. The van der Waals surface area contributed by atoms with E-state index in [4.69, 9.17) is 9.94 Å². The third kappa shape index (κ3) is 5.08. The zero-order chi connectivity index (χ0) is 17.4. The number of nitrogens with one attached hydrogen (secondary N) is 1. The maximum Gasteiger partial charge on any atom is 0.243 e. The van der Waals surface area contributed by atoms with Crippen LogP contribution in [0.15, 0.2) is 48.5 Å². The molecule has 5 nitrogen and oxygen atoms in total. The Hall–Kier alpha value is -2.37. The number of methoxy groups -OCH3 is 1. The quantitative estimate of drug-likeness (QED) is 0.394. The standard InChI is InChI=1S/C19H23NO4/c1-24-17-6-4-5-16(13-17)14-9-11-15(12-10-14)18(21)7-2-3-8-19(22)20-23/h4-6,9-13,18,21,23H,2-3,7-8H2,1H3,(H,20,22). The molecule has 0 spiro atoms. The van der Waals surface area contributed by atoms with Crippen LogP contribution in [0.5, 0.6) is 5.75 Å². The summed E-state index contributed by atoms with van der Waals surface area (Å²) in [4.78, 5) is 10.9. The van der Waals surface area contributed by atoms with Gasteiger partial charge in [0.05, 0.1) is 13.2 Å². The molecule has 0 aliphatic heterocycles. The summed E-state index contributed by atoms with van der Waals surface area (Å²) in [7, 11) is 1.64. The first kappa shape index (κ1) is 18.0. The lowest BCUT2D eigenvalue weighted by molar-refractivity contribution is -0.129. The molecule has 0 aliphatic rings. The predicted molar refractivity (Wildman–Crippen MR) is 91.8 cm³/mol. The van der Waals surface area contributed by atoms with E-state index in [1.807, 2.05) is 48.5 Å². The fourth-order valence-electron chi connectivity index (χ4n) is 2.55. The van der Waals surface area contributed by atoms with Crippen LogP contribution in [0.1, 0.15) is 37.4 Å². The smallest absolute Gasteiger partial charge is 0.243 e. The first-order chi connectivity index (χ1) is 11.6. The van der Waals surface area contributed by atoms with Crippen molar-refractivity contribution >= 4 is 5.91 Å². The Labute approximate surface area is 141 Å². The Bertz CT molecular complexity index is 655. The van der Waals surface area contributed by atoms with Gasteiger partial charge in [-0.05, 0) is 41.7 Å². The van der Waals surface area contributed by atoms with Gasteiger partial charge in [-0.1, -0.05) is 42.8 Å². The van der Waals surface area contributed by atoms with E-state index in [2.05, 4.69) is 0 Å². The molecule has 0 aliphatic carbocycles. The second kappa shape index (κ2) is 9.05. The molecule has 0 aromatic heterocycles. The number of amides is 1. The molecule has 0 fully saturated rings. The van der Waals surface area contributed by atoms with Crippen LogP contribution >= 0.6 is 0 Å². The number of carbonyl (C=O) groups excluding carboxylic acids is 1. The number of ether oxygens (including phenoxy) is 1. The van der Waals surface area contributed by atoms with Gasteiger partial charge in [-0.15, -0.1) is 0 Å². The van der Waals surface area contributed by atoms with Crippen molar-refractivity contribution in [3.63, 3.8) is 0 Å². The molecular formula is C19H23NO4. The van der Waals surface area contributed by atoms with E-state index in [0.717, 1.165) is 22.4 Å². The number of benzene rings is 2. The SMILES string of the molecule is COc1cccc(-c2ccc(C(O)CCCCC(=O)NO)cc2)c1. The molecule has 2 aromatic carbocycles. The van der Waals surface area contributed by atoms with Crippen LogP contribution in [-0.2, 0) is 4.79 Å². The summed E-state index contributed by atoms with van der Waals surface area (Å²) in [6, 6.07) is 15.6. The third-order valence-electron chi connectivity index (χ3n) is 3.95. The minimum atomic E-state index is -0.554. The highest BCUT2D eigenvalue weighted by molar-refractivity contribution is 5.74. The van der Waals surface area contributed by atoms with Crippen LogP contribution in [0.3, 0.4) is 0 Å². The highest BCUT2D eigenvalue weighted by Crippen LogP contribution is 2.26. The number of aliphatic hydroxyl groups is 1. The summed E-state index contributed by atoms with van der Waals surface area (Å²) >= 11 is 0. The molecule has 2 rings (SSSR count). The minimum absolute atomic E-state index is 0.262. The van der Waals surface area contributed by atoms with Gasteiger partial charge in [0.15, 0.2) is 0 Å². The van der Waals surface area contributed by atoms with Gasteiger partial charge in [0.1, 0.15) is 5.75 Å². The Morgan fingerprint density at radius 1 is 1.12 bits per heavy atom. The number of unbranched alkanes of at least 4 members (excludes halogenated alkanes) is 1. The molecule has 0 radical (unpaired) electrons. The zero-order valence-corrected chi connectivity index (χ0v) is 13.7. The molecule has 1 atom stereocenters. The van der Waals surface area contributed by atoms with Crippen LogP contribution in [0.4, 0.5) is 0 Å². The average molecular weight is 329 g/mol. The van der Waals surface area contributed by atoms with Crippen molar-refractivity contribution in [2.45, 2.75) is 31.8 Å². The van der Waals surface area contributed by atoms with E-state index in [1.54, 1.807) is 12.6 Å². The number of hydrogen-bond acceptors (Lipinski definition) is 4. The van der Waals surface area contributed by atoms with Crippen molar-refractivity contribution in [2.75, 3.05) is 7.11 Å². The molecular weight excluding hydrogens is 306 g/mol. The molecule has 0 saturated heterocycles. The van der Waals surface area contributed by atoms with E-state index >= 15 is 0 Å². The molecule has 2 aromatic rings. The van der Waals surface area contributed by atoms with Crippen LogP contribution in [-0.4, -0.2) is 23.3 Å². The summed E-state index contributed by atoms with van der Waals surface area (Å²) in [6.45, 7) is 0. The lowest BCUT2D eigenvalue weighted by Gasteiger charge is -2.12. The first-order valence-corrected chi connectivity index (χ1v) is 7.99. The maximum atomic E-state index is 10.9. The number of rotatable bonds is 8. The van der Waals surface area contributed by atoms with Gasteiger partial charge in [0.25, 0.3) is 0 Å². The molecule has 3 N–H and O–H groups in total. The molecule has 0 saturated carbocycles. The normalized spacial score (nSPS) is 11.8. The van der Waals surface area contributed by atoms with E-state index in [1.165, 1.54) is 0 Å². The van der Waals surface area contributed by atoms with Gasteiger partial charge >= 0.3 is 0 Å². The highest BCUT2D eigenvalue weighted by Gasteiger charge is 2.09. The molecule has 5 heteroatoms. The monoisotopic (exact) mass is 329 g/mol. The third-order valence-corrected chi connectivity index (χ3v) is 3.95. The summed E-state index contributed by atoms with van der Waals surface area (Å²) in [5.74, 6) is 0.413.